The van der Waals surface area contributed by atoms with Crippen LogP contribution in [-0.4, -0.2) is 36.6 Å². The van der Waals surface area contributed by atoms with Gasteiger partial charge in [0.1, 0.15) is 17.0 Å². The molecule has 1 saturated heterocycles. The summed E-state index contributed by atoms with van der Waals surface area (Å²) in [6.07, 6.45) is 0.689. The molecule has 0 aromatic carbocycles. The van der Waals surface area contributed by atoms with Crippen molar-refractivity contribution in [3.63, 3.8) is 0 Å². The van der Waals surface area contributed by atoms with Gasteiger partial charge in [0.15, 0.2) is 0 Å². The van der Waals surface area contributed by atoms with E-state index in [9.17, 15) is 9.59 Å². The number of carbonyl (C=O) groups is 2. The van der Waals surface area contributed by atoms with Crippen molar-refractivity contribution >= 4 is 11.6 Å². The van der Waals surface area contributed by atoms with Crippen LogP contribution in [0.3, 0.4) is 0 Å². The molecule has 68 valence electrons. The van der Waals surface area contributed by atoms with E-state index in [0.717, 1.165) is 6.54 Å². The van der Waals surface area contributed by atoms with Gasteiger partial charge in [-0.3, -0.25) is 9.59 Å². The van der Waals surface area contributed by atoms with E-state index in [4.69, 9.17) is 0 Å². The summed E-state index contributed by atoms with van der Waals surface area (Å²) in [6, 6.07) is 0. The molecular weight excluding hydrogens is 154 g/mol. The smallest absolute Gasteiger partial charge is 0.144 e. The van der Waals surface area contributed by atoms with Crippen LogP contribution >= 0.6 is 0 Å². The molecule has 1 aliphatic rings. The van der Waals surface area contributed by atoms with Gasteiger partial charge in [-0.15, -0.1) is 0 Å². The largest absolute Gasteiger partial charge is 0.305 e. The third-order valence-electron chi connectivity index (χ3n) is 2.81. The van der Waals surface area contributed by atoms with Gasteiger partial charge in [0.25, 0.3) is 0 Å². The van der Waals surface area contributed by atoms with Crippen LogP contribution in [0.15, 0.2) is 0 Å². The number of carbonyl (C=O) groups excluding carboxylic acids is 2. The minimum atomic E-state index is -0.686. The molecule has 0 aromatic heterocycles. The maximum absolute atomic E-state index is 11.3. The van der Waals surface area contributed by atoms with Crippen LogP contribution in [0.4, 0.5) is 0 Å². The molecule has 0 aliphatic carbocycles. The van der Waals surface area contributed by atoms with Crippen molar-refractivity contribution in [3.05, 3.63) is 0 Å². The topological polar surface area (TPSA) is 37.4 Å². The predicted octanol–water partition coefficient (Wildman–Crippen LogP) is 0.486. The van der Waals surface area contributed by atoms with Gasteiger partial charge in [0.05, 0.1) is 0 Å². The van der Waals surface area contributed by atoms with Gasteiger partial charge in [-0.1, -0.05) is 0 Å². The number of ketones is 2. The normalized spacial score (nSPS) is 22.6. The summed E-state index contributed by atoms with van der Waals surface area (Å²) in [5.41, 5.74) is -0.686. The highest BCUT2D eigenvalue weighted by molar-refractivity contribution is 6.05. The fourth-order valence-corrected chi connectivity index (χ4v) is 1.82. The first-order valence-electron chi connectivity index (χ1n) is 4.20. The number of hydrogen-bond donors (Lipinski definition) is 0. The van der Waals surface area contributed by atoms with Crippen molar-refractivity contribution in [2.45, 2.75) is 20.3 Å². The van der Waals surface area contributed by atoms with E-state index in [-0.39, 0.29) is 11.6 Å². The van der Waals surface area contributed by atoms with Crippen LogP contribution in [0.1, 0.15) is 20.3 Å². The number of Topliss-reactive ketones (excluding diaryl/α,β-unsaturated/α-hetero) is 2. The molecule has 0 radical (unpaired) electrons. The third-order valence-corrected chi connectivity index (χ3v) is 2.81. The molecule has 1 heterocycles. The highest BCUT2D eigenvalue weighted by Gasteiger charge is 2.44. The number of likely N-dealkylation sites (tertiary alicyclic amines) is 1. The van der Waals surface area contributed by atoms with Gasteiger partial charge in [0.2, 0.25) is 0 Å². The Bertz CT molecular complexity index is 209. The van der Waals surface area contributed by atoms with Crippen molar-refractivity contribution in [1.82, 2.24) is 4.90 Å². The zero-order valence-electron chi connectivity index (χ0n) is 7.89. The lowest BCUT2D eigenvalue weighted by atomic mass is 9.79. The zero-order valence-corrected chi connectivity index (χ0v) is 7.89. The Morgan fingerprint density at radius 1 is 1.25 bits per heavy atom. The van der Waals surface area contributed by atoms with Gasteiger partial charge in [-0.05, 0) is 33.9 Å². The Morgan fingerprint density at radius 2 is 1.75 bits per heavy atom. The number of nitrogens with zero attached hydrogens (tertiary/aromatic N) is 1. The van der Waals surface area contributed by atoms with Crippen molar-refractivity contribution in [2.75, 3.05) is 20.1 Å². The molecule has 12 heavy (non-hydrogen) atoms. The summed E-state index contributed by atoms with van der Waals surface area (Å²) in [6.45, 7) is 4.47. The van der Waals surface area contributed by atoms with Crippen molar-refractivity contribution in [1.29, 1.82) is 0 Å². The van der Waals surface area contributed by atoms with Crippen molar-refractivity contribution < 1.29 is 9.59 Å². The number of rotatable bonds is 2. The second-order valence-corrected chi connectivity index (χ2v) is 3.68. The Balaban J connectivity index is 2.89. The molecule has 0 amide bonds. The molecule has 0 unspecified atom stereocenters. The summed E-state index contributed by atoms with van der Waals surface area (Å²) >= 11 is 0. The lowest BCUT2D eigenvalue weighted by molar-refractivity contribution is -0.137. The summed E-state index contributed by atoms with van der Waals surface area (Å²) in [7, 11) is 1.94. The van der Waals surface area contributed by atoms with E-state index >= 15 is 0 Å². The molecule has 0 aromatic rings. The Kier molecular flexibility index (Phi) is 2.33. The average molecular weight is 169 g/mol. The second-order valence-electron chi connectivity index (χ2n) is 3.68. The first-order chi connectivity index (χ1) is 5.49. The van der Waals surface area contributed by atoms with E-state index in [1.165, 1.54) is 13.8 Å². The predicted molar refractivity (Wildman–Crippen MR) is 45.9 cm³/mol. The molecule has 0 saturated carbocycles. The molecule has 3 heteroatoms. The number of hydrogen-bond acceptors (Lipinski definition) is 3. The van der Waals surface area contributed by atoms with Crippen molar-refractivity contribution in [3.8, 4) is 0 Å². The Labute approximate surface area is 72.7 Å². The maximum Gasteiger partial charge on any atom is 0.144 e. The third kappa shape index (κ3) is 1.29. The summed E-state index contributed by atoms with van der Waals surface area (Å²) in [5.74, 6) is 0.0266. The van der Waals surface area contributed by atoms with Gasteiger partial charge in [0, 0.05) is 6.54 Å². The lowest BCUT2D eigenvalue weighted by Crippen LogP contribution is -2.38. The monoisotopic (exact) mass is 169 g/mol. The summed E-state index contributed by atoms with van der Waals surface area (Å²) in [4.78, 5) is 24.6. The van der Waals surface area contributed by atoms with Crippen LogP contribution in [0.25, 0.3) is 0 Å². The molecular formula is C9H15NO2. The van der Waals surface area contributed by atoms with Gasteiger partial charge in [-0.25, -0.2) is 0 Å². The summed E-state index contributed by atoms with van der Waals surface area (Å²) < 4.78 is 0. The molecule has 0 bridgehead atoms. The molecule has 0 atom stereocenters. The second kappa shape index (κ2) is 2.98. The van der Waals surface area contributed by atoms with Crippen molar-refractivity contribution in [2.24, 2.45) is 5.41 Å². The van der Waals surface area contributed by atoms with Crippen LogP contribution in [0, 0.1) is 5.41 Å². The highest BCUT2D eigenvalue weighted by atomic mass is 16.2. The van der Waals surface area contributed by atoms with Crippen LogP contribution in [0.5, 0.6) is 0 Å². The minimum absolute atomic E-state index is 0.0133. The van der Waals surface area contributed by atoms with Gasteiger partial charge >= 0.3 is 0 Å². The molecule has 1 rings (SSSR count). The van der Waals surface area contributed by atoms with E-state index in [1.807, 2.05) is 11.9 Å². The summed E-state index contributed by atoms with van der Waals surface area (Å²) in [5, 5.41) is 0. The molecule has 3 nitrogen and oxygen atoms in total. The highest BCUT2D eigenvalue weighted by Crippen LogP contribution is 2.31. The Morgan fingerprint density at radius 3 is 1.92 bits per heavy atom. The van der Waals surface area contributed by atoms with Crippen LogP contribution < -0.4 is 0 Å². The minimum Gasteiger partial charge on any atom is -0.305 e. The zero-order chi connectivity index (χ0) is 9.35. The first-order valence-corrected chi connectivity index (χ1v) is 4.20. The van der Waals surface area contributed by atoms with E-state index in [0.29, 0.717) is 13.0 Å². The maximum atomic E-state index is 11.3. The average Bonchev–Trinajstić information content (AvgIpc) is 2.32. The quantitative estimate of drug-likeness (QED) is 0.564. The Hall–Kier alpha value is -0.700. The van der Waals surface area contributed by atoms with Crippen LogP contribution in [0.2, 0.25) is 0 Å². The standard InChI is InChI=1S/C9H15NO2/c1-7(11)9(8(2)12)4-5-10(3)6-9/h4-6H2,1-3H3. The SMILES string of the molecule is CC(=O)C1(C(C)=O)CCN(C)C1. The fraction of sp³-hybridized carbons (Fsp3) is 0.778. The molecule has 0 spiro atoms. The molecule has 0 N–H and O–H groups in total. The van der Waals surface area contributed by atoms with Crippen LogP contribution in [-0.2, 0) is 9.59 Å². The fourth-order valence-electron chi connectivity index (χ4n) is 1.82. The first kappa shape index (κ1) is 9.39. The lowest BCUT2D eigenvalue weighted by Gasteiger charge is -2.21. The van der Waals surface area contributed by atoms with Gasteiger partial charge < -0.3 is 4.90 Å². The molecule has 1 aliphatic heterocycles. The van der Waals surface area contributed by atoms with Gasteiger partial charge in [-0.2, -0.15) is 0 Å². The molecule has 1 fully saturated rings. The van der Waals surface area contributed by atoms with E-state index in [2.05, 4.69) is 0 Å². The van der Waals surface area contributed by atoms with E-state index in [1.54, 1.807) is 0 Å². The van der Waals surface area contributed by atoms with E-state index < -0.39 is 5.41 Å².